The van der Waals surface area contributed by atoms with Gasteiger partial charge < -0.3 is 9.80 Å². The largest absolute Gasteiger partial charge is 0.348 e. The maximum absolute atomic E-state index is 13.4. The molecule has 7 nitrogen and oxygen atoms in total. The van der Waals surface area contributed by atoms with Crippen LogP contribution in [0.15, 0.2) is 12.4 Å². The van der Waals surface area contributed by atoms with Gasteiger partial charge in [-0.05, 0) is 25.7 Å². The topological polar surface area (TPSA) is 61.7 Å². The molecule has 2 aliphatic heterocycles. The molecule has 0 bridgehead atoms. The van der Waals surface area contributed by atoms with E-state index in [0.29, 0.717) is 5.91 Å². The summed E-state index contributed by atoms with van der Waals surface area (Å²) in [7, 11) is 5.66. The van der Waals surface area contributed by atoms with Crippen molar-refractivity contribution in [3.8, 4) is 0 Å². The maximum atomic E-state index is 13.4. The Kier molecular flexibility index (Phi) is 5.69. The SMILES string of the molecule is CN(C)C(=O)[C@]12CCCN(C(=O)C3CCCC3)C[C@H]1CN(Cc1cnn(C)c1)C2. The van der Waals surface area contributed by atoms with E-state index in [1.807, 2.05) is 38.2 Å². The minimum atomic E-state index is -0.379. The molecule has 0 N–H and O–H groups in total. The van der Waals surface area contributed by atoms with Crippen molar-refractivity contribution < 1.29 is 9.59 Å². The number of likely N-dealkylation sites (tertiary alicyclic amines) is 2. The molecule has 29 heavy (non-hydrogen) atoms. The number of nitrogens with zero attached hydrogens (tertiary/aromatic N) is 5. The van der Waals surface area contributed by atoms with Gasteiger partial charge in [0.2, 0.25) is 11.8 Å². The third-order valence-electron chi connectivity index (χ3n) is 7.27. The minimum absolute atomic E-state index is 0.196. The summed E-state index contributed by atoms with van der Waals surface area (Å²) in [6.45, 7) is 3.97. The smallest absolute Gasteiger partial charge is 0.229 e. The highest BCUT2D eigenvalue weighted by atomic mass is 16.2. The van der Waals surface area contributed by atoms with Crippen LogP contribution in [0.4, 0.5) is 0 Å². The summed E-state index contributed by atoms with van der Waals surface area (Å²) >= 11 is 0. The average Bonchev–Trinajstić information content (AvgIpc) is 3.40. The Morgan fingerprint density at radius 1 is 1.21 bits per heavy atom. The first kappa shape index (κ1) is 20.4. The molecule has 2 atom stereocenters. The fraction of sp³-hybridized carbons (Fsp3) is 0.773. The first-order valence-corrected chi connectivity index (χ1v) is 11.1. The van der Waals surface area contributed by atoms with E-state index in [1.165, 1.54) is 18.4 Å². The molecule has 4 rings (SSSR count). The average molecular weight is 402 g/mol. The van der Waals surface area contributed by atoms with E-state index in [9.17, 15) is 9.59 Å². The molecular weight excluding hydrogens is 366 g/mol. The van der Waals surface area contributed by atoms with Gasteiger partial charge in [0.25, 0.3) is 0 Å². The molecule has 1 aromatic heterocycles. The van der Waals surface area contributed by atoms with Gasteiger partial charge in [0.1, 0.15) is 0 Å². The number of aryl methyl sites for hydroxylation is 1. The highest BCUT2D eigenvalue weighted by Gasteiger charge is 2.54. The van der Waals surface area contributed by atoms with Crippen molar-refractivity contribution in [2.45, 2.75) is 45.1 Å². The summed E-state index contributed by atoms with van der Waals surface area (Å²) in [6, 6.07) is 0. The summed E-state index contributed by atoms with van der Waals surface area (Å²) < 4.78 is 1.83. The number of hydrogen-bond donors (Lipinski definition) is 0. The van der Waals surface area contributed by atoms with Gasteiger partial charge in [-0.3, -0.25) is 19.2 Å². The second kappa shape index (κ2) is 8.09. The van der Waals surface area contributed by atoms with E-state index >= 15 is 0 Å². The molecule has 7 heteroatoms. The molecule has 3 heterocycles. The number of carbonyl (C=O) groups excluding carboxylic acids is 2. The molecular formula is C22H35N5O2. The lowest BCUT2D eigenvalue weighted by molar-refractivity contribution is -0.142. The molecule has 2 saturated heterocycles. The van der Waals surface area contributed by atoms with Crippen LogP contribution in [0.5, 0.6) is 0 Å². The first-order valence-electron chi connectivity index (χ1n) is 11.1. The molecule has 1 aliphatic carbocycles. The van der Waals surface area contributed by atoms with Crippen molar-refractivity contribution in [3.05, 3.63) is 18.0 Å². The number of carbonyl (C=O) groups is 2. The quantitative estimate of drug-likeness (QED) is 0.771. The van der Waals surface area contributed by atoms with Crippen LogP contribution in [-0.2, 0) is 23.2 Å². The number of aromatic nitrogens is 2. The molecule has 3 aliphatic rings. The molecule has 2 amide bonds. The molecule has 160 valence electrons. The summed E-state index contributed by atoms with van der Waals surface area (Å²) in [5, 5.41) is 4.29. The fourth-order valence-corrected chi connectivity index (χ4v) is 5.90. The molecule has 1 aromatic rings. The van der Waals surface area contributed by atoms with Crippen LogP contribution in [0.25, 0.3) is 0 Å². The fourth-order valence-electron chi connectivity index (χ4n) is 5.90. The van der Waals surface area contributed by atoms with Crippen molar-refractivity contribution in [1.29, 1.82) is 0 Å². The molecule has 0 spiro atoms. The van der Waals surface area contributed by atoms with E-state index in [0.717, 1.165) is 58.4 Å². The van der Waals surface area contributed by atoms with Crippen LogP contribution >= 0.6 is 0 Å². The van der Waals surface area contributed by atoms with E-state index in [4.69, 9.17) is 0 Å². The van der Waals surface area contributed by atoms with Crippen LogP contribution in [0.2, 0.25) is 0 Å². The number of rotatable bonds is 4. The lowest BCUT2D eigenvalue weighted by Crippen LogP contribution is -2.48. The van der Waals surface area contributed by atoms with Crippen LogP contribution in [0.1, 0.15) is 44.1 Å². The van der Waals surface area contributed by atoms with Crippen molar-refractivity contribution in [2.75, 3.05) is 40.3 Å². The molecule has 3 fully saturated rings. The van der Waals surface area contributed by atoms with Gasteiger partial charge in [0, 0.05) is 77.5 Å². The molecule has 0 aromatic carbocycles. The molecule has 0 radical (unpaired) electrons. The van der Waals surface area contributed by atoms with Gasteiger partial charge in [0.15, 0.2) is 0 Å². The Bertz CT molecular complexity index is 754. The van der Waals surface area contributed by atoms with Gasteiger partial charge in [-0.1, -0.05) is 12.8 Å². The Morgan fingerprint density at radius 3 is 2.62 bits per heavy atom. The van der Waals surface area contributed by atoms with Crippen LogP contribution in [-0.4, -0.2) is 76.6 Å². The zero-order chi connectivity index (χ0) is 20.6. The van der Waals surface area contributed by atoms with Crippen molar-refractivity contribution in [1.82, 2.24) is 24.5 Å². The van der Waals surface area contributed by atoms with Gasteiger partial charge >= 0.3 is 0 Å². The highest BCUT2D eigenvalue weighted by molar-refractivity contribution is 5.84. The van der Waals surface area contributed by atoms with Gasteiger partial charge in [-0.25, -0.2) is 0 Å². The van der Waals surface area contributed by atoms with Gasteiger partial charge in [0.05, 0.1) is 11.6 Å². The summed E-state index contributed by atoms with van der Waals surface area (Å²) in [4.78, 5) is 32.7. The zero-order valence-electron chi connectivity index (χ0n) is 18.1. The predicted molar refractivity (Wildman–Crippen MR) is 111 cm³/mol. The van der Waals surface area contributed by atoms with Crippen LogP contribution < -0.4 is 0 Å². The Balaban J connectivity index is 1.54. The Morgan fingerprint density at radius 2 is 1.97 bits per heavy atom. The highest BCUT2D eigenvalue weighted by Crippen LogP contribution is 2.44. The predicted octanol–water partition coefficient (Wildman–Crippen LogP) is 1.74. The summed E-state index contributed by atoms with van der Waals surface area (Å²) in [6.07, 6.45) is 10.2. The second-order valence-corrected chi connectivity index (χ2v) is 9.61. The minimum Gasteiger partial charge on any atom is -0.348 e. The second-order valence-electron chi connectivity index (χ2n) is 9.61. The van der Waals surface area contributed by atoms with E-state index < -0.39 is 0 Å². The Hall–Kier alpha value is -1.89. The lowest BCUT2D eigenvalue weighted by atomic mass is 9.74. The van der Waals surface area contributed by atoms with E-state index in [-0.39, 0.29) is 23.2 Å². The lowest BCUT2D eigenvalue weighted by Gasteiger charge is -2.35. The van der Waals surface area contributed by atoms with Gasteiger partial charge in [-0.15, -0.1) is 0 Å². The number of fused-ring (bicyclic) bond motifs is 1. The van der Waals surface area contributed by atoms with Crippen LogP contribution in [0.3, 0.4) is 0 Å². The van der Waals surface area contributed by atoms with Crippen molar-refractivity contribution in [3.63, 3.8) is 0 Å². The summed E-state index contributed by atoms with van der Waals surface area (Å²) in [5.74, 6) is 0.967. The van der Waals surface area contributed by atoms with E-state index in [1.54, 1.807) is 4.90 Å². The first-order chi connectivity index (χ1) is 13.9. The van der Waals surface area contributed by atoms with Crippen LogP contribution in [0, 0.1) is 17.3 Å². The standard InChI is InChI=1S/C22H35N5O2/c1-24(2)21(29)22-9-6-10-27(20(28)18-7-4-5-8-18)15-19(22)14-26(16-22)13-17-11-23-25(3)12-17/h11-12,18-19H,4-10,13-16H2,1-3H3/t19-,22+/m1/s1. The normalized spacial score (nSPS) is 28.4. The van der Waals surface area contributed by atoms with Crippen molar-refractivity contribution >= 4 is 11.8 Å². The third kappa shape index (κ3) is 3.93. The Labute approximate surface area is 174 Å². The zero-order valence-corrected chi connectivity index (χ0v) is 18.1. The molecule has 1 saturated carbocycles. The molecule has 0 unspecified atom stereocenters. The number of hydrogen-bond acceptors (Lipinski definition) is 4. The number of amides is 2. The monoisotopic (exact) mass is 401 g/mol. The maximum Gasteiger partial charge on any atom is 0.229 e. The summed E-state index contributed by atoms with van der Waals surface area (Å²) in [5.41, 5.74) is 0.798. The van der Waals surface area contributed by atoms with E-state index in [2.05, 4.69) is 14.9 Å². The third-order valence-corrected chi connectivity index (χ3v) is 7.27. The van der Waals surface area contributed by atoms with Crippen molar-refractivity contribution in [2.24, 2.45) is 24.3 Å². The van der Waals surface area contributed by atoms with Gasteiger partial charge in [-0.2, -0.15) is 5.10 Å².